The molecule has 0 radical (unpaired) electrons. The third-order valence-electron chi connectivity index (χ3n) is 3.17. The van der Waals surface area contributed by atoms with Crippen LogP contribution >= 0.6 is 36.2 Å². The molecule has 2 aromatic rings. The van der Waals surface area contributed by atoms with Gasteiger partial charge in [0.25, 0.3) is 0 Å². The van der Waals surface area contributed by atoms with Crippen molar-refractivity contribution < 1.29 is 24.1 Å². The van der Waals surface area contributed by atoms with Crippen molar-refractivity contribution in [1.82, 2.24) is 0 Å². The van der Waals surface area contributed by atoms with Gasteiger partial charge in [0, 0.05) is 0 Å². The molecule has 0 fully saturated rings. The first-order chi connectivity index (χ1) is 11.4. The number of benzene rings is 2. The molecule has 0 aliphatic carbocycles. The molecular weight excluding hydrogens is 536 g/mol. The van der Waals surface area contributed by atoms with Crippen LogP contribution in [0.2, 0.25) is 0 Å². The van der Waals surface area contributed by atoms with Crippen LogP contribution in [0.25, 0.3) is 0 Å². The van der Waals surface area contributed by atoms with E-state index in [-0.39, 0.29) is 0 Å². The van der Waals surface area contributed by atoms with E-state index < -0.39 is 35.9 Å². The SMILES string of the molecule is Cc1cc(C)c(I(OS(=O)(=O)C(F)(F)F)c2cccc(Br)c2)c(C)c1. The van der Waals surface area contributed by atoms with E-state index in [0.29, 0.717) is 11.6 Å². The fraction of sp³-hybridized carbons (Fsp3) is 0.250. The maximum atomic E-state index is 12.9. The summed E-state index contributed by atoms with van der Waals surface area (Å²) >= 11 is -0.0949. The molecule has 3 nitrogen and oxygen atoms in total. The van der Waals surface area contributed by atoms with E-state index in [0.717, 1.165) is 16.7 Å². The van der Waals surface area contributed by atoms with Gasteiger partial charge in [-0.25, -0.2) is 0 Å². The molecule has 2 aromatic carbocycles. The average Bonchev–Trinajstić information content (AvgIpc) is 2.43. The van der Waals surface area contributed by atoms with Crippen LogP contribution in [0, 0.1) is 27.9 Å². The van der Waals surface area contributed by atoms with Crippen LogP contribution in [0.5, 0.6) is 0 Å². The van der Waals surface area contributed by atoms with Gasteiger partial charge in [-0.2, -0.15) is 0 Å². The van der Waals surface area contributed by atoms with Gasteiger partial charge in [-0.1, -0.05) is 0 Å². The number of rotatable bonds is 4. The molecule has 0 atom stereocenters. The quantitative estimate of drug-likeness (QED) is 0.362. The van der Waals surface area contributed by atoms with Crippen molar-refractivity contribution in [3.05, 3.63) is 64.7 Å². The zero-order chi connectivity index (χ0) is 19.0. The number of halogens is 5. The van der Waals surface area contributed by atoms with E-state index in [1.807, 2.05) is 19.1 Å². The molecule has 0 bridgehead atoms. The Kier molecular flexibility index (Phi) is 6.22. The molecular formula is C16H15BrF3IO3S. The molecule has 0 saturated carbocycles. The summed E-state index contributed by atoms with van der Waals surface area (Å²) in [6, 6.07) is 10.2. The van der Waals surface area contributed by atoms with Crippen LogP contribution in [0.3, 0.4) is 0 Å². The number of hydrogen-bond acceptors (Lipinski definition) is 3. The summed E-state index contributed by atoms with van der Waals surface area (Å²) in [5, 5.41) is 0. The van der Waals surface area contributed by atoms with E-state index >= 15 is 0 Å². The Morgan fingerprint density at radius 3 is 2.08 bits per heavy atom. The summed E-state index contributed by atoms with van der Waals surface area (Å²) in [4.78, 5) is 0. The second-order valence-electron chi connectivity index (χ2n) is 5.36. The summed E-state index contributed by atoms with van der Waals surface area (Å²) in [6.45, 7) is 5.37. The minimum absolute atomic E-state index is 0.460. The van der Waals surface area contributed by atoms with Crippen molar-refractivity contribution in [3.8, 4) is 0 Å². The molecule has 0 N–H and O–H groups in total. The van der Waals surface area contributed by atoms with Gasteiger partial charge in [0.2, 0.25) is 0 Å². The van der Waals surface area contributed by atoms with Gasteiger partial charge in [0.1, 0.15) is 0 Å². The minimum atomic E-state index is -5.70. The van der Waals surface area contributed by atoms with Gasteiger partial charge >= 0.3 is 161 Å². The third kappa shape index (κ3) is 4.75. The van der Waals surface area contributed by atoms with Crippen molar-refractivity contribution in [2.75, 3.05) is 0 Å². The van der Waals surface area contributed by atoms with Crippen molar-refractivity contribution in [2.24, 2.45) is 0 Å². The molecule has 0 aliphatic heterocycles. The zero-order valence-corrected chi connectivity index (χ0v) is 18.0. The first kappa shape index (κ1) is 20.7. The first-order valence-electron chi connectivity index (χ1n) is 6.97. The Morgan fingerprint density at radius 1 is 1.04 bits per heavy atom. The fourth-order valence-electron chi connectivity index (χ4n) is 2.30. The van der Waals surface area contributed by atoms with Gasteiger partial charge < -0.3 is 0 Å². The predicted molar refractivity (Wildman–Crippen MR) is 102 cm³/mol. The van der Waals surface area contributed by atoms with Crippen LogP contribution in [-0.4, -0.2) is 13.9 Å². The summed E-state index contributed by atoms with van der Waals surface area (Å²) in [7, 11) is -5.70. The summed E-state index contributed by atoms with van der Waals surface area (Å²) in [5.41, 5.74) is -3.07. The Hall–Kier alpha value is -0.650. The molecule has 25 heavy (non-hydrogen) atoms. The molecule has 0 heterocycles. The number of aryl methyl sites for hydroxylation is 3. The van der Waals surface area contributed by atoms with Crippen molar-refractivity contribution in [2.45, 2.75) is 26.3 Å². The van der Waals surface area contributed by atoms with Crippen molar-refractivity contribution >= 4 is 46.3 Å². The topological polar surface area (TPSA) is 43.4 Å². The van der Waals surface area contributed by atoms with Crippen molar-refractivity contribution in [1.29, 1.82) is 0 Å². The van der Waals surface area contributed by atoms with Gasteiger partial charge in [0.05, 0.1) is 0 Å². The molecule has 0 aliphatic rings. The van der Waals surface area contributed by atoms with Crippen LogP contribution in [0.15, 0.2) is 40.9 Å². The average molecular weight is 551 g/mol. The molecule has 0 saturated heterocycles. The Bertz CT molecular complexity index is 875. The molecule has 138 valence electrons. The molecule has 0 unspecified atom stereocenters. The summed E-state index contributed by atoms with van der Waals surface area (Å²) in [6.07, 6.45) is 0. The van der Waals surface area contributed by atoms with Crippen LogP contribution in [0.1, 0.15) is 16.7 Å². The van der Waals surface area contributed by atoms with Gasteiger partial charge in [0.15, 0.2) is 0 Å². The Labute approximate surface area is 160 Å². The van der Waals surface area contributed by atoms with E-state index in [2.05, 4.69) is 15.9 Å². The molecule has 0 aromatic heterocycles. The van der Waals surface area contributed by atoms with E-state index in [1.54, 1.807) is 38.1 Å². The van der Waals surface area contributed by atoms with Gasteiger partial charge in [-0.05, 0) is 0 Å². The fourth-order valence-corrected chi connectivity index (χ4v) is 10.3. The molecule has 2 rings (SSSR count). The van der Waals surface area contributed by atoms with Crippen LogP contribution in [0.4, 0.5) is 13.2 Å². The second-order valence-corrected chi connectivity index (χ2v) is 12.6. The zero-order valence-electron chi connectivity index (χ0n) is 13.5. The van der Waals surface area contributed by atoms with Crippen LogP contribution < -0.4 is 0 Å². The summed E-state index contributed by atoms with van der Waals surface area (Å²) in [5.74, 6) is 0. The Morgan fingerprint density at radius 2 is 1.60 bits per heavy atom. The van der Waals surface area contributed by atoms with Crippen LogP contribution in [-0.2, 0) is 12.6 Å². The Balaban J connectivity index is 2.67. The number of hydrogen-bond donors (Lipinski definition) is 0. The van der Waals surface area contributed by atoms with Crippen molar-refractivity contribution in [3.63, 3.8) is 0 Å². The molecule has 0 amide bonds. The monoisotopic (exact) mass is 550 g/mol. The standard InChI is InChI=1S/C16H15BrF3IO3S/c1-10-7-11(2)15(12(3)8-10)21(14-6-4-5-13(17)9-14)24-25(22,23)16(18,19)20/h4-9H,1-3H3. The van der Waals surface area contributed by atoms with Gasteiger partial charge in [-0.3, -0.25) is 0 Å². The second kappa shape index (κ2) is 7.53. The van der Waals surface area contributed by atoms with E-state index in [1.165, 1.54) is 0 Å². The van der Waals surface area contributed by atoms with E-state index in [4.69, 9.17) is 2.51 Å². The number of alkyl halides is 3. The normalized spacial score (nSPS) is 13.0. The maximum absolute atomic E-state index is 12.9. The first-order valence-corrected chi connectivity index (χ1v) is 12.2. The molecule has 9 heteroatoms. The molecule has 0 spiro atoms. The third-order valence-corrected chi connectivity index (χ3v) is 11.5. The van der Waals surface area contributed by atoms with Gasteiger partial charge in [-0.15, -0.1) is 0 Å². The summed E-state index contributed by atoms with van der Waals surface area (Å²) < 4.78 is 68.4. The predicted octanol–water partition coefficient (Wildman–Crippen LogP) is 5.70. The van der Waals surface area contributed by atoms with E-state index in [9.17, 15) is 21.6 Å².